The molecule has 1 atom stereocenters. The van der Waals surface area contributed by atoms with Gasteiger partial charge in [0.1, 0.15) is 5.75 Å². The Morgan fingerprint density at radius 1 is 1.09 bits per heavy atom. The summed E-state index contributed by atoms with van der Waals surface area (Å²) in [4.78, 5) is 26.0. The van der Waals surface area contributed by atoms with Gasteiger partial charge >= 0.3 is 12.3 Å². The zero-order valence-corrected chi connectivity index (χ0v) is 18.4. The van der Waals surface area contributed by atoms with Crippen molar-refractivity contribution in [2.75, 3.05) is 6.61 Å². The van der Waals surface area contributed by atoms with Crippen molar-refractivity contribution >= 4 is 16.9 Å². The molecule has 172 valence electrons. The highest BCUT2D eigenvalue weighted by atomic mass is 19.3. The van der Waals surface area contributed by atoms with Gasteiger partial charge in [0.05, 0.1) is 29.4 Å². The number of aliphatic hydroxyl groups excluding tert-OH is 1. The summed E-state index contributed by atoms with van der Waals surface area (Å²) in [7, 11) is 0. The van der Waals surface area contributed by atoms with Crippen LogP contribution in [0, 0.1) is 5.92 Å². The lowest BCUT2D eigenvalue weighted by molar-refractivity contribution is -0.0498. The van der Waals surface area contributed by atoms with Crippen LogP contribution in [-0.2, 0) is 0 Å². The fourth-order valence-corrected chi connectivity index (χ4v) is 3.58. The van der Waals surface area contributed by atoms with Crippen molar-refractivity contribution < 1.29 is 23.4 Å². The Morgan fingerprint density at radius 3 is 2.41 bits per heavy atom. The number of carbonyl (C=O) groups is 1. The quantitative estimate of drug-likeness (QED) is 0.551. The van der Waals surface area contributed by atoms with Gasteiger partial charge in [-0.15, -0.1) is 0 Å². The molecule has 1 aromatic heterocycles. The van der Waals surface area contributed by atoms with E-state index in [-0.39, 0.29) is 35.9 Å². The monoisotopic (exact) mass is 447 g/mol. The topological polar surface area (TPSA) is 85.5 Å². The molecule has 0 saturated carbocycles. The van der Waals surface area contributed by atoms with Crippen LogP contribution in [0.25, 0.3) is 16.7 Å². The van der Waals surface area contributed by atoms with Crippen molar-refractivity contribution in [3.05, 3.63) is 58.5 Å². The predicted molar refractivity (Wildman–Crippen MR) is 118 cm³/mol. The highest BCUT2D eigenvalue weighted by Crippen LogP contribution is 2.25. The van der Waals surface area contributed by atoms with Crippen molar-refractivity contribution in [1.29, 1.82) is 0 Å². The van der Waals surface area contributed by atoms with Gasteiger partial charge in [0.2, 0.25) is 0 Å². The van der Waals surface area contributed by atoms with Gasteiger partial charge in [0.15, 0.2) is 0 Å². The van der Waals surface area contributed by atoms with Crippen LogP contribution in [0.2, 0.25) is 0 Å². The van der Waals surface area contributed by atoms with Gasteiger partial charge in [0, 0.05) is 17.7 Å². The molecule has 0 aliphatic heterocycles. The number of alkyl halides is 2. The summed E-state index contributed by atoms with van der Waals surface area (Å²) in [5.41, 5.74) is 1.41. The lowest BCUT2D eigenvalue weighted by atomic mass is 10.0. The number of aliphatic hydroxyl groups is 1. The minimum atomic E-state index is -2.98. The molecule has 2 aromatic carbocycles. The lowest BCUT2D eigenvalue weighted by Crippen LogP contribution is -2.41. The molecule has 0 fully saturated rings. The van der Waals surface area contributed by atoms with Crippen LogP contribution in [0.4, 0.5) is 8.78 Å². The van der Waals surface area contributed by atoms with Crippen molar-refractivity contribution in [2.24, 2.45) is 5.92 Å². The highest BCUT2D eigenvalue weighted by molar-refractivity contribution is 5.98. The number of hydrogen-bond acceptors (Lipinski definition) is 4. The molecule has 3 rings (SSSR count). The van der Waals surface area contributed by atoms with Crippen LogP contribution in [0.3, 0.4) is 0 Å². The number of benzene rings is 2. The lowest BCUT2D eigenvalue weighted by Gasteiger charge is -2.20. The third-order valence-corrected chi connectivity index (χ3v) is 5.27. The largest absolute Gasteiger partial charge is 0.435 e. The number of nitrogens with zero attached hydrogens (tertiary/aromatic N) is 2. The second-order valence-corrected chi connectivity index (χ2v) is 8.17. The summed E-state index contributed by atoms with van der Waals surface area (Å²) in [6.07, 6.45) is 0. The van der Waals surface area contributed by atoms with Crippen molar-refractivity contribution in [2.45, 2.75) is 46.4 Å². The molecular formula is C23H27F2N3O4. The van der Waals surface area contributed by atoms with Crippen LogP contribution in [-0.4, -0.2) is 39.4 Å². The Hall–Kier alpha value is -3.20. The third kappa shape index (κ3) is 4.67. The van der Waals surface area contributed by atoms with E-state index in [0.717, 1.165) is 0 Å². The number of fused-ring (bicyclic) bond motifs is 1. The van der Waals surface area contributed by atoms with Gasteiger partial charge in [-0.05, 0) is 50.1 Å². The number of aromatic nitrogens is 2. The molecule has 32 heavy (non-hydrogen) atoms. The summed E-state index contributed by atoms with van der Waals surface area (Å²) in [5, 5.41) is 12.3. The van der Waals surface area contributed by atoms with E-state index in [1.165, 1.54) is 22.8 Å². The molecule has 1 amide bonds. The number of carbonyl (C=O) groups excluding carboxylic acids is 1. The van der Waals surface area contributed by atoms with Crippen LogP contribution >= 0.6 is 0 Å². The van der Waals surface area contributed by atoms with Crippen LogP contribution in [0.1, 0.15) is 44.1 Å². The molecule has 9 heteroatoms. The molecular weight excluding hydrogens is 420 g/mol. The second kappa shape index (κ2) is 9.52. The number of rotatable bonds is 8. The van der Waals surface area contributed by atoms with E-state index in [9.17, 15) is 23.5 Å². The minimum absolute atomic E-state index is 0.0466. The van der Waals surface area contributed by atoms with E-state index in [2.05, 4.69) is 10.1 Å². The van der Waals surface area contributed by atoms with E-state index in [1.807, 2.05) is 27.7 Å². The third-order valence-electron chi connectivity index (χ3n) is 5.27. The Balaban J connectivity index is 2.12. The molecule has 2 N–H and O–H groups in total. The SMILES string of the molecule is CC(C)C(CO)NC(=O)c1ccc2c(c1)n(C(C)C)c(=O)n2-c1cccc(OC(F)F)c1. The first-order valence-corrected chi connectivity index (χ1v) is 10.4. The standard InChI is InChI=1S/C23H27F2N3O4/c1-13(2)18(12-29)26-21(30)15-8-9-19-20(10-15)27(14(3)4)23(31)28(19)16-6-5-7-17(11-16)32-22(24)25/h5-11,13-14,18,22,29H,12H2,1-4H3,(H,26,30). The molecule has 0 bridgehead atoms. The number of halogens is 2. The maximum absolute atomic E-state index is 13.3. The van der Waals surface area contributed by atoms with Crippen LogP contribution in [0.5, 0.6) is 5.75 Å². The molecule has 0 spiro atoms. The van der Waals surface area contributed by atoms with E-state index < -0.39 is 12.7 Å². The molecule has 0 aliphatic carbocycles. The Bertz CT molecular complexity index is 1170. The molecule has 7 nitrogen and oxygen atoms in total. The number of ether oxygens (including phenoxy) is 1. The molecule has 3 aromatic rings. The van der Waals surface area contributed by atoms with E-state index >= 15 is 0 Å². The maximum atomic E-state index is 13.3. The Labute approximate surface area is 184 Å². The number of amides is 1. The van der Waals surface area contributed by atoms with Gasteiger partial charge in [0.25, 0.3) is 5.91 Å². The number of imidazole rings is 1. The fourth-order valence-electron chi connectivity index (χ4n) is 3.58. The summed E-state index contributed by atoms with van der Waals surface area (Å²) in [6, 6.07) is 10.2. The van der Waals surface area contributed by atoms with Gasteiger partial charge in [-0.1, -0.05) is 19.9 Å². The summed E-state index contributed by atoms with van der Waals surface area (Å²) in [6.45, 7) is 4.31. The van der Waals surface area contributed by atoms with E-state index in [4.69, 9.17) is 0 Å². The fraction of sp³-hybridized carbons (Fsp3) is 0.391. The summed E-state index contributed by atoms with van der Waals surface area (Å²) in [5.74, 6) is -0.373. The van der Waals surface area contributed by atoms with E-state index in [1.54, 1.807) is 28.8 Å². The number of nitrogens with one attached hydrogen (secondary N) is 1. The Morgan fingerprint density at radius 2 is 1.81 bits per heavy atom. The van der Waals surface area contributed by atoms with E-state index in [0.29, 0.717) is 22.3 Å². The van der Waals surface area contributed by atoms with Crippen LogP contribution < -0.4 is 15.7 Å². The zero-order chi connectivity index (χ0) is 23.6. The first-order valence-electron chi connectivity index (χ1n) is 10.4. The minimum Gasteiger partial charge on any atom is -0.435 e. The second-order valence-electron chi connectivity index (χ2n) is 8.17. The van der Waals surface area contributed by atoms with Crippen molar-refractivity contribution in [1.82, 2.24) is 14.5 Å². The average Bonchev–Trinajstić information content (AvgIpc) is 3.02. The summed E-state index contributed by atoms with van der Waals surface area (Å²) < 4.78 is 32.7. The van der Waals surface area contributed by atoms with Crippen LogP contribution in [0.15, 0.2) is 47.3 Å². The van der Waals surface area contributed by atoms with Gasteiger partial charge < -0.3 is 15.2 Å². The van der Waals surface area contributed by atoms with Gasteiger partial charge in [-0.3, -0.25) is 13.9 Å². The predicted octanol–water partition coefficient (Wildman–Crippen LogP) is 3.72. The van der Waals surface area contributed by atoms with Crippen molar-refractivity contribution in [3.63, 3.8) is 0 Å². The smallest absolute Gasteiger partial charge is 0.387 e. The normalized spacial score (nSPS) is 12.7. The highest BCUT2D eigenvalue weighted by Gasteiger charge is 2.21. The molecule has 0 aliphatic rings. The molecule has 1 unspecified atom stereocenters. The first-order chi connectivity index (χ1) is 15.1. The maximum Gasteiger partial charge on any atom is 0.387 e. The zero-order valence-electron chi connectivity index (χ0n) is 18.4. The van der Waals surface area contributed by atoms with Crippen molar-refractivity contribution in [3.8, 4) is 11.4 Å². The molecule has 0 saturated heterocycles. The average molecular weight is 447 g/mol. The van der Waals surface area contributed by atoms with Gasteiger partial charge in [-0.2, -0.15) is 8.78 Å². The molecule has 0 radical (unpaired) electrons. The molecule has 1 heterocycles. The Kier molecular flexibility index (Phi) is 6.98. The summed E-state index contributed by atoms with van der Waals surface area (Å²) >= 11 is 0. The first kappa shape index (κ1) is 23.5. The van der Waals surface area contributed by atoms with Gasteiger partial charge in [-0.25, -0.2) is 4.79 Å². The number of hydrogen-bond donors (Lipinski definition) is 2.